The number of pyridine rings is 1. The van der Waals surface area contributed by atoms with Gasteiger partial charge in [0.25, 0.3) is 5.91 Å². The molecule has 4 heterocycles. The molecule has 1 amide bonds. The highest BCUT2D eigenvalue weighted by Crippen LogP contribution is 2.31. The summed E-state index contributed by atoms with van der Waals surface area (Å²) in [5.74, 6) is -0.0597. The molecule has 2 aliphatic heterocycles. The van der Waals surface area contributed by atoms with Gasteiger partial charge in [0, 0.05) is 56.2 Å². The maximum absolute atomic E-state index is 12.9. The number of nitrogens with zero attached hydrogens (tertiary/aromatic N) is 4. The molecule has 7 nitrogen and oxygen atoms in total. The Balaban J connectivity index is 1.42. The second kappa shape index (κ2) is 7.31. The number of carbonyl (C=O) groups is 1. The molecule has 1 N–H and O–H groups in total. The number of nitrogens with one attached hydrogen (secondary N) is 1. The van der Waals surface area contributed by atoms with Crippen molar-refractivity contribution in [2.24, 2.45) is 7.05 Å². The van der Waals surface area contributed by atoms with E-state index in [1.54, 1.807) is 4.68 Å². The van der Waals surface area contributed by atoms with Crippen molar-refractivity contribution in [3.05, 3.63) is 41.5 Å². The third kappa shape index (κ3) is 3.56. The highest BCUT2D eigenvalue weighted by Gasteiger charge is 2.32. The Morgan fingerprint density at radius 3 is 2.63 bits per heavy atom. The first-order valence-corrected chi connectivity index (χ1v) is 9.70. The topological polar surface area (TPSA) is 72.3 Å². The molecule has 0 aromatic carbocycles. The minimum atomic E-state index is -0.0597. The predicted molar refractivity (Wildman–Crippen MR) is 103 cm³/mol. The number of amides is 1. The van der Waals surface area contributed by atoms with Crippen LogP contribution in [0, 0.1) is 0 Å². The first-order valence-electron chi connectivity index (χ1n) is 9.70. The molecule has 2 aliphatic rings. The Morgan fingerprint density at radius 2 is 1.93 bits per heavy atom. The van der Waals surface area contributed by atoms with Crippen LogP contribution in [0.4, 0.5) is 5.69 Å². The molecule has 0 radical (unpaired) electrons. The number of ether oxygens (including phenoxy) is 1. The van der Waals surface area contributed by atoms with Crippen LogP contribution in [0.2, 0.25) is 0 Å². The second-order valence-corrected chi connectivity index (χ2v) is 7.57. The Kier molecular flexibility index (Phi) is 4.86. The van der Waals surface area contributed by atoms with Gasteiger partial charge in [0.2, 0.25) is 0 Å². The largest absolute Gasteiger partial charge is 0.371 e. The van der Waals surface area contributed by atoms with Crippen molar-refractivity contribution in [2.75, 3.05) is 18.0 Å². The predicted octanol–water partition coefficient (Wildman–Crippen LogP) is 2.24. The molecule has 0 bridgehead atoms. The zero-order valence-corrected chi connectivity index (χ0v) is 16.2. The van der Waals surface area contributed by atoms with Crippen molar-refractivity contribution in [1.29, 1.82) is 0 Å². The summed E-state index contributed by atoms with van der Waals surface area (Å²) in [5, 5.41) is 7.72. The highest BCUT2D eigenvalue weighted by atomic mass is 16.5. The number of fused-ring (bicyclic) bond motifs is 1. The summed E-state index contributed by atoms with van der Waals surface area (Å²) < 4.78 is 7.69. The number of piperidine rings is 1. The maximum Gasteiger partial charge on any atom is 0.272 e. The number of carbonyl (C=O) groups excluding carboxylic acids is 1. The molecule has 0 aliphatic carbocycles. The Morgan fingerprint density at radius 1 is 1.22 bits per heavy atom. The van der Waals surface area contributed by atoms with E-state index in [2.05, 4.69) is 20.3 Å². The molecule has 144 valence electrons. The number of hydrogen-bond acceptors (Lipinski definition) is 5. The van der Waals surface area contributed by atoms with Gasteiger partial charge in [-0.1, -0.05) is 0 Å². The van der Waals surface area contributed by atoms with E-state index in [4.69, 9.17) is 4.74 Å². The van der Waals surface area contributed by atoms with Gasteiger partial charge < -0.3 is 15.0 Å². The van der Waals surface area contributed by atoms with E-state index in [9.17, 15) is 4.79 Å². The summed E-state index contributed by atoms with van der Waals surface area (Å²) in [5.41, 5.74) is 3.81. The van der Waals surface area contributed by atoms with Crippen LogP contribution in [-0.2, 0) is 18.2 Å². The second-order valence-electron chi connectivity index (χ2n) is 7.57. The van der Waals surface area contributed by atoms with Crippen LogP contribution in [0.3, 0.4) is 0 Å². The van der Waals surface area contributed by atoms with Gasteiger partial charge in [-0.15, -0.1) is 0 Å². The first kappa shape index (κ1) is 18.0. The molecule has 0 spiro atoms. The quantitative estimate of drug-likeness (QED) is 0.898. The number of rotatable bonds is 3. The lowest BCUT2D eigenvalue weighted by Gasteiger charge is -2.33. The van der Waals surface area contributed by atoms with Crippen LogP contribution >= 0.6 is 0 Å². The van der Waals surface area contributed by atoms with Crippen molar-refractivity contribution >= 4 is 11.6 Å². The molecule has 1 fully saturated rings. The van der Waals surface area contributed by atoms with Crippen LogP contribution in [-0.4, -0.2) is 45.9 Å². The monoisotopic (exact) mass is 369 g/mol. The fourth-order valence-corrected chi connectivity index (χ4v) is 4.31. The SMILES string of the molecule is C[C@@H]1Cc2c(C(=O)NC3CCN(c4ccncc4)CC3)nn(C)c2[C@H](C)O1. The standard InChI is InChI=1S/C20H27N5O2/c1-13-12-17-18(23-24(3)19(17)14(2)27-13)20(26)22-15-6-10-25(11-7-15)16-4-8-21-9-5-16/h4-5,8-9,13-15H,6-7,10-12H2,1-3H3,(H,22,26)/t13-,14+/m1/s1. The van der Waals surface area contributed by atoms with E-state index < -0.39 is 0 Å². The first-order chi connectivity index (χ1) is 13.0. The average molecular weight is 369 g/mol. The minimum Gasteiger partial charge on any atom is -0.371 e. The van der Waals surface area contributed by atoms with E-state index in [1.165, 1.54) is 5.69 Å². The summed E-state index contributed by atoms with van der Waals surface area (Å²) in [6, 6.07) is 4.25. The zero-order chi connectivity index (χ0) is 19.0. The van der Waals surface area contributed by atoms with Gasteiger partial charge in [0.1, 0.15) is 0 Å². The fraction of sp³-hybridized carbons (Fsp3) is 0.550. The zero-order valence-electron chi connectivity index (χ0n) is 16.2. The van der Waals surface area contributed by atoms with Gasteiger partial charge >= 0.3 is 0 Å². The normalized spacial score (nSPS) is 23.1. The molecular formula is C20H27N5O2. The number of hydrogen-bond donors (Lipinski definition) is 1. The Labute approximate surface area is 159 Å². The number of anilines is 1. The third-order valence-electron chi connectivity index (χ3n) is 5.58. The maximum atomic E-state index is 12.9. The van der Waals surface area contributed by atoms with Gasteiger partial charge in [-0.3, -0.25) is 14.5 Å². The van der Waals surface area contributed by atoms with E-state index in [0.717, 1.165) is 43.6 Å². The van der Waals surface area contributed by atoms with E-state index in [0.29, 0.717) is 5.69 Å². The molecular weight excluding hydrogens is 342 g/mol. The van der Waals surface area contributed by atoms with Gasteiger partial charge in [-0.25, -0.2) is 0 Å². The third-order valence-corrected chi connectivity index (χ3v) is 5.58. The minimum absolute atomic E-state index is 0.0357. The van der Waals surface area contributed by atoms with Gasteiger partial charge in [0.05, 0.1) is 17.9 Å². The van der Waals surface area contributed by atoms with E-state index in [1.807, 2.05) is 45.4 Å². The summed E-state index contributed by atoms with van der Waals surface area (Å²) in [6.45, 7) is 5.92. The number of aryl methyl sites for hydroxylation is 1. The van der Waals surface area contributed by atoms with Crippen LogP contribution in [0.15, 0.2) is 24.5 Å². The highest BCUT2D eigenvalue weighted by molar-refractivity contribution is 5.94. The summed E-state index contributed by atoms with van der Waals surface area (Å²) in [6.07, 6.45) is 6.30. The van der Waals surface area contributed by atoms with Crippen molar-refractivity contribution < 1.29 is 9.53 Å². The Hall–Kier alpha value is -2.41. The van der Waals surface area contributed by atoms with Gasteiger partial charge in [0.15, 0.2) is 5.69 Å². The van der Waals surface area contributed by atoms with Crippen LogP contribution in [0.5, 0.6) is 0 Å². The van der Waals surface area contributed by atoms with Crippen molar-refractivity contribution in [2.45, 2.75) is 51.4 Å². The lowest BCUT2D eigenvalue weighted by molar-refractivity contribution is -0.00903. The average Bonchev–Trinajstić information content (AvgIpc) is 3.00. The van der Waals surface area contributed by atoms with Crippen molar-refractivity contribution in [3.63, 3.8) is 0 Å². The molecule has 2 aromatic heterocycles. The molecule has 7 heteroatoms. The summed E-state index contributed by atoms with van der Waals surface area (Å²) >= 11 is 0. The van der Waals surface area contributed by atoms with E-state index in [-0.39, 0.29) is 24.2 Å². The fourth-order valence-electron chi connectivity index (χ4n) is 4.31. The van der Waals surface area contributed by atoms with E-state index >= 15 is 0 Å². The number of aromatic nitrogens is 3. The van der Waals surface area contributed by atoms with Gasteiger partial charge in [-0.05, 0) is 38.8 Å². The van der Waals surface area contributed by atoms with Crippen LogP contribution in [0.1, 0.15) is 54.5 Å². The summed E-state index contributed by atoms with van der Waals surface area (Å²) in [4.78, 5) is 19.3. The molecule has 27 heavy (non-hydrogen) atoms. The molecule has 2 atom stereocenters. The summed E-state index contributed by atoms with van der Waals surface area (Å²) in [7, 11) is 1.89. The van der Waals surface area contributed by atoms with Gasteiger partial charge in [-0.2, -0.15) is 5.10 Å². The Bertz CT molecular complexity index is 811. The molecule has 4 rings (SSSR count). The van der Waals surface area contributed by atoms with Crippen molar-refractivity contribution in [1.82, 2.24) is 20.1 Å². The molecule has 1 saturated heterocycles. The molecule has 0 unspecified atom stereocenters. The lowest BCUT2D eigenvalue weighted by Crippen LogP contribution is -2.45. The molecule has 2 aromatic rings. The lowest BCUT2D eigenvalue weighted by atomic mass is 9.98. The smallest absolute Gasteiger partial charge is 0.272 e. The molecule has 0 saturated carbocycles. The van der Waals surface area contributed by atoms with Crippen LogP contribution < -0.4 is 10.2 Å². The van der Waals surface area contributed by atoms with Crippen molar-refractivity contribution in [3.8, 4) is 0 Å². The van der Waals surface area contributed by atoms with Crippen LogP contribution in [0.25, 0.3) is 0 Å².